The predicted octanol–water partition coefficient (Wildman–Crippen LogP) is 3.06. The fourth-order valence-corrected chi connectivity index (χ4v) is 2.52. The van der Waals surface area contributed by atoms with Crippen LogP contribution in [0.5, 0.6) is 0 Å². The zero-order valence-corrected chi connectivity index (χ0v) is 17.2. The average molecular weight is 462 g/mol. The van der Waals surface area contributed by atoms with Gasteiger partial charge in [0.15, 0.2) is 5.96 Å². The fraction of sp³-hybridized carbons (Fsp3) is 0.211. The molecule has 0 aliphatic rings. The molecular weight excluding hydrogens is 439 g/mol. The van der Waals surface area contributed by atoms with Crippen molar-refractivity contribution in [2.24, 2.45) is 4.99 Å². The van der Waals surface area contributed by atoms with E-state index in [-0.39, 0.29) is 24.0 Å². The Morgan fingerprint density at radius 1 is 1.04 bits per heavy atom. The summed E-state index contributed by atoms with van der Waals surface area (Å²) in [5.74, 6) is 0.779. The number of aromatic nitrogens is 3. The van der Waals surface area contributed by atoms with Gasteiger partial charge in [-0.3, -0.25) is 4.99 Å². The van der Waals surface area contributed by atoms with Crippen LogP contribution < -0.4 is 10.6 Å². The molecule has 26 heavy (non-hydrogen) atoms. The minimum atomic E-state index is 0. The molecule has 0 saturated heterocycles. The van der Waals surface area contributed by atoms with E-state index < -0.39 is 0 Å². The third kappa shape index (κ3) is 5.55. The fourth-order valence-electron chi connectivity index (χ4n) is 2.52. The molecule has 7 heteroatoms. The van der Waals surface area contributed by atoms with Crippen LogP contribution in [-0.4, -0.2) is 27.8 Å². The first-order valence-corrected chi connectivity index (χ1v) is 8.18. The Hall–Kier alpha value is -2.42. The molecule has 0 spiro atoms. The van der Waals surface area contributed by atoms with Gasteiger partial charge in [-0.05, 0) is 30.2 Å². The Morgan fingerprint density at radius 2 is 1.77 bits per heavy atom. The van der Waals surface area contributed by atoms with E-state index in [4.69, 9.17) is 0 Å². The lowest BCUT2D eigenvalue weighted by atomic mass is 10.1. The Labute approximate surface area is 170 Å². The van der Waals surface area contributed by atoms with E-state index in [1.54, 1.807) is 18.1 Å². The SMILES string of the molecule is CN=C(NCc1ccc(-n2cncn2)cc1)NCc1cccc(C)c1.I. The molecule has 0 saturated carbocycles. The normalized spacial score (nSPS) is 10.9. The molecule has 2 N–H and O–H groups in total. The van der Waals surface area contributed by atoms with Crippen molar-refractivity contribution in [3.05, 3.63) is 77.9 Å². The minimum Gasteiger partial charge on any atom is -0.352 e. The highest BCUT2D eigenvalue weighted by Crippen LogP contribution is 2.08. The largest absolute Gasteiger partial charge is 0.352 e. The van der Waals surface area contributed by atoms with Crippen LogP contribution in [0, 0.1) is 6.92 Å². The molecule has 2 aromatic carbocycles. The summed E-state index contributed by atoms with van der Waals surface area (Å²) >= 11 is 0. The lowest BCUT2D eigenvalue weighted by Gasteiger charge is -2.12. The van der Waals surface area contributed by atoms with Gasteiger partial charge in [-0.1, -0.05) is 42.0 Å². The maximum absolute atomic E-state index is 4.27. The first kappa shape index (κ1) is 19.9. The van der Waals surface area contributed by atoms with Crippen molar-refractivity contribution in [1.29, 1.82) is 0 Å². The molecule has 0 radical (unpaired) electrons. The van der Waals surface area contributed by atoms with Crippen LogP contribution in [0.3, 0.4) is 0 Å². The number of aryl methyl sites for hydroxylation is 1. The number of hydrogen-bond acceptors (Lipinski definition) is 3. The number of guanidine groups is 1. The Morgan fingerprint density at radius 3 is 2.38 bits per heavy atom. The van der Waals surface area contributed by atoms with Crippen LogP contribution in [0.15, 0.2) is 66.2 Å². The summed E-state index contributed by atoms with van der Waals surface area (Å²) < 4.78 is 1.74. The van der Waals surface area contributed by atoms with E-state index in [1.807, 2.05) is 12.1 Å². The monoisotopic (exact) mass is 462 g/mol. The summed E-state index contributed by atoms with van der Waals surface area (Å²) in [5, 5.41) is 10.8. The maximum Gasteiger partial charge on any atom is 0.191 e. The van der Waals surface area contributed by atoms with Crippen LogP contribution in [0.1, 0.15) is 16.7 Å². The van der Waals surface area contributed by atoms with Gasteiger partial charge in [0.05, 0.1) is 5.69 Å². The number of hydrogen-bond donors (Lipinski definition) is 2. The molecule has 0 fully saturated rings. The highest BCUT2D eigenvalue weighted by atomic mass is 127. The molecule has 0 atom stereocenters. The zero-order chi connectivity index (χ0) is 17.5. The van der Waals surface area contributed by atoms with Crippen LogP contribution in [0.4, 0.5) is 0 Å². The van der Waals surface area contributed by atoms with Crippen molar-refractivity contribution in [1.82, 2.24) is 25.4 Å². The molecule has 0 bridgehead atoms. The Bertz CT molecular complexity index is 828. The van der Waals surface area contributed by atoms with Gasteiger partial charge in [-0.25, -0.2) is 9.67 Å². The topological polar surface area (TPSA) is 67.1 Å². The Kier molecular flexibility index (Phi) is 7.58. The third-order valence-corrected chi connectivity index (χ3v) is 3.85. The molecule has 1 heterocycles. The average Bonchev–Trinajstić information content (AvgIpc) is 3.17. The second-order valence-electron chi connectivity index (χ2n) is 5.77. The van der Waals surface area contributed by atoms with Crippen molar-refractivity contribution in [3.63, 3.8) is 0 Å². The summed E-state index contributed by atoms with van der Waals surface area (Å²) in [7, 11) is 1.78. The van der Waals surface area contributed by atoms with Crippen molar-refractivity contribution in [3.8, 4) is 5.69 Å². The quantitative estimate of drug-likeness (QED) is 0.348. The van der Waals surface area contributed by atoms with Crippen molar-refractivity contribution in [2.75, 3.05) is 7.05 Å². The molecule has 0 amide bonds. The minimum absolute atomic E-state index is 0. The number of benzene rings is 2. The molecule has 0 unspecified atom stereocenters. The van der Waals surface area contributed by atoms with E-state index in [2.05, 4.69) is 69.0 Å². The third-order valence-electron chi connectivity index (χ3n) is 3.85. The summed E-state index contributed by atoms with van der Waals surface area (Å²) in [6.07, 6.45) is 3.21. The molecule has 136 valence electrons. The molecule has 0 aliphatic carbocycles. The summed E-state index contributed by atoms with van der Waals surface area (Å²) in [5.41, 5.74) is 4.65. The van der Waals surface area contributed by atoms with Gasteiger partial charge in [0, 0.05) is 20.1 Å². The highest BCUT2D eigenvalue weighted by Gasteiger charge is 2.01. The molecule has 0 aliphatic heterocycles. The number of nitrogens with zero attached hydrogens (tertiary/aromatic N) is 4. The van der Waals surface area contributed by atoms with Gasteiger partial charge in [0.2, 0.25) is 0 Å². The highest BCUT2D eigenvalue weighted by molar-refractivity contribution is 14.0. The Balaban J connectivity index is 0.00000243. The smallest absolute Gasteiger partial charge is 0.191 e. The standard InChI is InChI=1S/C19H22N6.HI/c1-15-4-3-5-17(10-15)12-23-19(20-2)22-11-16-6-8-18(9-7-16)25-14-21-13-24-25;/h3-10,13-14H,11-12H2,1-2H3,(H2,20,22,23);1H. The molecule has 1 aromatic heterocycles. The number of aliphatic imine (C=N–C) groups is 1. The second kappa shape index (κ2) is 9.91. The van der Waals surface area contributed by atoms with Gasteiger partial charge >= 0.3 is 0 Å². The number of rotatable bonds is 5. The molecule has 3 aromatic rings. The van der Waals surface area contributed by atoms with Crippen LogP contribution in [0.2, 0.25) is 0 Å². The van der Waals surface area contributed by atoms with Gasteiger partial charge in [-0.2, -0.15) is 5.10 Å². The lowest BCUT2D eigenvalue weighted by molar-refractivity contribution is 0.807. The lowest BCUT2D eigenvalue weighted by Crippen LogP contribution is -2.36. The van der Waals surface area contributed by atoms with Crippen LogP contribution in [0.25, 0.3) is 5.69 Å². The van der Waals surface area contributed by atoms with Gasteiger partial charge < -0.3 is 10.6 Å². The van der Waals surface area contributed by atoms with E-state index in [1.165, 1.54) is 23.0 Å². The van der Waals surface area contributed by atoms with E-state index in [9.17, 15) is 0 Å². The summed E-state index contributed by atoms with van der Waals surface area (Å²) in [4.78, 5) is 8.23. The van der Waals surface area contributed by atoms with Gasteiger partial charge in [0.1, 0.15) is 12.7 Å². The van der Waals surface area contributed by atoms with Crippen molar-refractivity contribution < 1.29 is 0 Å². The predicted molar refractivity (Wildman–Crippen MR) is 115 cm³/mol. The zero-order valence-electron chi connectivity index (χ0n) is 14.9. The van der Waals surface area contributed by atoms with E-state index in [0.717, 1.165) is 18.2 Å². The first-order valence-electron chi connectivity index (χ1n) is 8.18. The van der Waals surface area contributed by atoms with Crippen molar-refractivity contribution in [2.45, 2.75) is 20.0 Å². The van der Waals surface area contributed by atoms with E-state index >= 15 is 0 Å². The van der Waals surface area contributed by atoms with Crippen LogP contribution >= 0.6 is 24.0 Å². The molecule has 6 nitrogen and oxygen atoms in total. The molecular formula is C19H23IN6. The number of nitrogens with one attached hydrogen (secondary N) is 2. The van der Waals surface area contributed by atoms with Crippen molar-refractivity contribution >= 4 is 29.9 Å². The first-order chi connectivity index (χ1) is 12.2. The van der Waals surface area contributed by atoms with Gasteiger partial charge in [0.25, 0.3) is 0 Å². The summed E-state index contributed by atoms with van der Waals surface area (Å²) in [6.45, 7) is 3.54. The van der Waals surface area contributed by atoms with E-state index in [0.29, 0.717) is 6.54 Å². The summed E-state index contributed by atoms with van der Waals surface area (Å²) in [6, 6.07) is 16.6. The maximum atomic E-state index is 4.27. The molecule has 3 rings (SSSR count). The second-order valence-corrected chi connectivity index (χ2v) is 5.77. The van der Waals surface area contributed by atoms with Crippen LogP contribution in [-0.2, 0) is 13.1 Å². The number of halogens is 1. The van der Waals surface area contributed by atoms with Gasteiger partial charge in [-0.15, -0.1) is 24.0 Å².